The van der Waals surface area contributed by atoms with Crippen LogP contribution in [0.4, 0.5) is 0 Å². The molecule has 1 aliphatic heterocycles. The molecule has 0 saturated carbocycles. The number of carbonyl (C=O) groups excluding carboxylic acids is 1. The van der Waals surface area contributed by atoms with Gasteiger partial charge in [-0.05, 0) is 32.0 Å². The fraction of sp³-hybridized carbons (Fsp3) is 0.643. The van der Waals surface area contributed by atoms with E-state index in [1.54, 1.807) is 24.5 Å². The van der Waals surface area contributed by atoms with Crippen LogP contribution >= 0.6 is 0 Å². The minimum atomic E-state index is -0.377. The number of hydrogen-bond acceptors (Lipinski definition) is 4. The lowest BCUT2D eigenvalue weighted by Crippen LogP contribution is -2.50. The summed E-state index contributed by atoms with van der Waals surface area (Å²) >= 11 is 0. The number of carbonyl (C=O) groups is 1. The largest absolute Gasteiger partial charge is 0.472 e. The summed E-state index contributed by atoms with van der Waals surface area (Å²) in [5.41, 5.74) is 0.635. The van der Waals surface area contributed by atoms with E-state index in [-0.39, 0.29) is 11.3 Å². The molecule has 1 fully saturated rings. The molecule has 1 saturated heterocycles. The standard InChI is InChI=1S/C14H22N2O3/c1-16(9-12-3-8-19-10-12)13(17)14(11-18-2)4-6-15-7-5-14/h3,8,10,15H,4-7,9,11H2,1-2H3. The quantitative estimate of drug-likeness (QED) is 0.871. The van der Waals surface area contributed by atoms with Gasteiger partial charge in [0.05, 0.1) is 24.5 Å². The van der Waals surface area contributed by atoms with Gasteiger partial charge < -0.3 is 19.4 Å². The van der Waals surface area contributed by atoms with Gasteiger partial charge in [-0.1, -0.05) is 0 Å². The molecule has 0 radical (unpaired) electrons. The molecule has 19 heavy (non-hydrogen) atoms. The molecule has 2 rings (SSSR count). The second-order valence-electron chi connectivity index (χ2n) is 5.26. The molecule has 1 aromatic rings. The van der Waals surface area contributed by atoms with E-state index in [1.807, 2.05) is 13.1 Å². The molecule has 5 heteroatoms. The van der Waals surface area contributed by atoms with Crippen molar-refractivity contribution in [3.63, 3.8) is 0 Å². The highest BCUT2D eigenvalue weighted by molar-refractivity contribution is 5.82. The van der Waals surface area contributed by atoms with Crippen molar-refractivity contribution in [2.45, 2.75) is 19.4 Å². The zero-order chi connectivity index (χ0) is 13.7. The molecule has 106 valence electrons. The number of ether oxygens (including phenoxy) is 1. The Morgan fingerprint density at radius 3 is 2.84 bits per heavy atom. The highest BCUT2D eigenvalue weighted by Gasteiger charge is 2.41. The van der Waals surface area contributed by atoms with Crippen LogP contribution in [0, 0.1) is 5.41 Å². The lowest BCUT2D eigenvalue weighted by Gasteiger charge is -2.38. The molecule has 2 heterocycles. The van der Waals surface area contributed by atoms with Gasteiger partial charge in [0.2, 0.25) is 5.91 Å². The fourth-order valence-electron chi connectivity index (χ4n) is 2.73. The van der Waals surface area contributed by atoms with Gasteiger partial charge in [-0.2, -0.15) is 0 Å². The SMILES string of the molecule is COCC1(C(=O)N(C)Cc2ccoc2)CCNCC1. The Labute approximate surface area is 113 Å². The van der Waals surface area contributed by atoms with Gasteiger partial charge in [0.15, 0.2) is 0 Å². The number of furan rings is 1. The second kappa shape index (κ2) is 6.21. The van der Waals surface area contributed by atoms with Gasteiger partial charge in [0, 0.05) is 26.3 Å². The number of nitrogens with one attached hydrogen (secondary N) is 1. The van der Waals surface area contributed by atoms with Gasteiger partial charge in [-0.25, -0.2) is 0 Å². The zero-order valence-electron chi connectivity index (χ0n) is 11.6. The highest BCUT2D eigenvalue weighted by atomic mass is 16.5. The van der Waals surface area contributed by atoms with Gasteiger partial charge in [0.25, 0.3) is 0 Å². The van der Waals surface area contributed by atoms with E-state index >= 15 is 0 Å². The van der Waals surface area contributed by atoms with E-state index in [0.29, 0.717) is 13.2 Å². The summed E-state index contributed by atoms with van der Waals surface area (Å²) in [7, 11) is 3.50. The van der Waals surface area contributed by atoms with Crippen molar-refractivity contribution in [2.24, 2.45) is 5.41 Å². The summed E-state index contributed by atoms with van der Waals surface area (Å²) in [6, 6.07) is 1.88. The molecule has 0 aromatic carbocycles. The third-order valence-electron chi connectivity index (χ3n) is 3.78. The Hall–Kier alpha value is -1.33. The first-order chi connectivity index (χ1) is 9.18. The first-order valence-corrected chi connectivity index (χ1v) is 6.64. The van der Waals surface area contributed by atoms with Crippen molar-refractivity contribution in [2.75, 3.05) is 33.9 Å². The van der Waals surface area contributed by atoms with Crippen molar-refractivity contribution in [1.29, 1.82) is 0 Å². The number of amides is 1. The minimum Gasteiger partial charge on any atom is -0.472 e. The maximum atomic E-state index is 12.7. The summed E-state index contributed by atoms with van der Waals surface area (Å²) in [5.74, 6) is 0.164. The lowest BCUT2D eigenvalue weighted by atomic mass is 9.78. The Kier molecular flexibility index (Phi) is 4.61. The summed E-state index contributed by atoms with van der Waals surface area (Å²) in [6.45, 7) is 2.81. The van der Waals surface area contributed by atoms with E-state index in [1.165, 1.54) is 0 Å². The normalized spacial score (nSPS) is 18.2. The average molecular weight is 266 g/mol. The molecule has 1 amide bonds. The molecule has 5 nitrogen and oxygen atoms in total. The lowest BCUT2D eigenvalue weighted by molar-refractivity contribution is -0.146. The Bertz CT molecular complexity index is 391. The van der Waals surface area contributed by atoms with Crippen LogP contribution in [0.2, 0.25) is 0 Å². The maximum Gasteiger partial charge on any atom is 0.231 e. The summed E-state index contributed by atoms with van der Waals surface area (Å²) < 4.78 is 10.3. The minimum absolute atomic E-state index is 0.164. The van der Waals surface area contributed by atoms with Crippen LogP contribution in [-0.4, -0.2) is 44.7 Å². The summed E-state index contributed by atoms with van der Waals surface area (Å²) in [5, 5.41) is 3.30. The van der Waals surface area contributed by atoms with E-state index in [2.05, 4.69) is 5.32 Å². The van der Waals surface area contributed by atoms with Crippen molar-refractivity contribution < 1.29 is 13.9 Å². The van der Waals surface area contributed by atoms with Crippen LogP contribution in [0.15, 0.2) is 23.0 Å². The van der Waals surface area contributed by atoms with E-state index in [4.69, 9.17) is 9.15 Å². The van der Waals surface area contributed by atoms with Crippen LogP contribution in [0.25, 0.3) is 0 Å². The van der Waals surface area contributed by atoms with Crippen molar-refractivity contribution >= 4 is 5.91 Å². The number of rotatable bonds is 5. The average Bonchev–Trinajstić information content (AvgIpc) is 2.92. The molecule has 1 aromatic heterocycles. The van der Waals surface area contributed by atoms with E-state index < -0.39 is 0 Å². The van der Waals surface area contributed by atoms with Crippen LogP contribution in [-0.2, 0) is 16.1 Å². The van der Waals surface area contributed by atoms with E-state index in [0.717, 1.165) is 31.5 Å². The molecule has 1 aliphatic rings. The number of methoxy groups -OCH3 is 1. The Balaban J connectivity index is 2.05. The van der Waals surface area contributed by atoms with Gasteiger partial charge >= 0.3 is 0 Å². The van der Waals surface area contributed by atoms with Gasteiger partial charge in [-0.3, -0.25) is 4.79 Å². The fourth-order valence-corrected chi connectivity index (χ4v) is 2.73. The van der Waals surface area contributed by atoms with Gasteiger partial charge in [0.1, 0.15) is 0 Å². The van der Waals surface area contributed by atoms with Crippen LogP contribution in [0.5, 0.6) is 0 Å². The first-order valence-electron chi connectivity index (χ1n) is 6.64. The van der Waals surface area contributed by atoms with Crippen LogP contribution in [0.3, 0.4) is 0 Å². The third kappa shape index (κ3) is 3.16. The predicted molar refractivity (Wildman–Crippen MR) is 71.6 cm³/mol. The predicted octanol–water partition coefficient (Wildman–Crippen LogP) is 1.25. The molecule has 0 unspecified atom stereocenters. The van der Waals surface area contributed by atoms with E-state index in [9.17, 15) is 4.79 Å². The molecule has 0 bridgehead atoms. The third-order valence-corrected chi connectivity index (χ3v) is 3.78. The topological polar surface area (TPSA) is 54.7 Å². The van der Waals surface area contributed by atoms with Gasteiger partial charge in [-0.15, -0.1) is 0 Å². The highest BCUT2D eigenvalue weighted by Crippen LogP contribution is 2.31. The zero-order valence-corrected chi connectivity index (χ0v) is 11.6. The molecule has 1 N–H and O–H groups in total. The Morgan fingerprint density at radius 1 is 1.53 bits per heavy atom. The number of hydrogen-bond donors (Lipinski definition) is 1. The summed E-state index contributed by atoms with van der Waals surface area (Å²) in [6.07, 6.45) is 4.96. The Morgan fingerprint density at radius 2 is 2.26 bits per heavy atom. The molecule has 0 spiro atoms. The van der Waals surface area contributed by atoms with Crippen molar-refractivity contribution in [3.05, 3.63) is 24.2 Å². The van der Waals surface area contributed by atoms with Crippen LogP contribution in [0.1, 0.15) is 18.4 Å². The maximum absolute atomic E-state index is 12.7. The van der Waals surface area contributed by atoms with Crippen molar-refractivity contribution in [3.8, 4) is 0 Å². The first kappa shape index (κ1) is 14.1. The molecular weight excluding hydrogens is 244 g/mol. The second-order valence-corrected chi connectivity index (χ2v) is 5.26. The molecule has 0 atom stereocenters. The number of nitrogens with zero attached hydrogens (tertiary/aromatic N) is 1. The smallest absolute Gasteiger partial charge is 0.231 e. The monoisotopic (exact) mass is 266 g/mol. The molecule has 0 aliphatic carbocycles. The van der Waals surface area contributed by atoms with Crippen LogP contribution < -0.4 is 5.32 Å². The molecular formula is C14H22N2O3. The summed E-state index contributed by atoms with van der Waals surface area (Å²) in [4.78, 5) is 14.5. The number of piperidine rings is 1. The van der Waals surface area contributed by atoms with Crippen molar-refractivity contribution in [1.82, 2.24) is 10.2 Å².